The van der Waals surface area contributed by atoms with Crippen molar-refractivity contribution < 1.29 is 23.8 Å². The number of esters is 1. The normalized spacial score (nSPS) is 23.2. The quantitative estimate of drug-likeness (QED) is 0.430. The maximum Gasteiger partial charge on any atom is 0.338 e. The minimum atomic E-state index is -0.383. The second kappa shape index (κ2) is 5.73. The molecule has 2 aliphatic heterocycles. The third-order valence-corrected chi connectivity index (χ3v) is 3.34. The van der Waals surface area contributed by atoms with E-state index in [1.54, 1.807) is 24.3 Å². The van der Waals surface area contributed by atoms with Crippen LogP contribution in [0.4, 0.5) is 0 Å². The van der Waals surface area contributed by atoms with Gasteiger partial charge in [-0.05, 0) is 18.6 Å². The maximum atomic E-state index is 11.9. The average molecular weight is 276 g/mol. The van der Waals surface area contributed by atoms with Gasteiger partial charge in [-0.15, -0.1) is 0 Å². The first-order valence-electron chi connectivity index (χ1n) is 6.76. The number of rotatable bonds is 7. The van der Waals surface area contributed by atoms with Crippen molar-refractivity contribution in [1.82, 2.24) is 0 Å². The molecule has 0 bridgehead atoms. The summed E-state index contributed by atoms with van der Waals surface area (Å²) < 4.78 is 15.1. The van der Waals surface area contributed by atoms with Crippen LogP contribution in [-0.4, -0.2) is 43.8 Å². The highest BCUT2D eigenvalue weighted by atomic mass is 16.6. The molecule has 3 rings (SSSR count). The number of epoxide rings is 2. The SMILES string of the molecule is O=C(CCC1CO1)c1ccc(C(=O)OCC2CO2)cc1. The van der Waals surface area contributed by atoms with Crippen LogP contribution in [0.2, 0.25) is 0 Å². The summed E-state index contributed by atoms with van der Waals surface area (Å²) in [6, 6.07) is 6.58. The Morgan fingerprint density at radius 1 is 1.05 bits per heavy atom. The third-order valence-electron chi connectivity index (χ3n) is 3.34. The summed E-state index contributed by atoms with van der Waals surface area (Å²) in [6.45, 7) is 1.72. The van der Waals surface area contributed by atoms with Gasteiger partial charge in [-0.25, -0.2) is 4.79 Å². The molecule has 2 aliphatic rings. The largest absolute Gasteiger partial charge is 0.459 e. The highest BCUT2D eigenvalue weighted by Gasteiger charge is 2.25. The molecule has 2 heterocycles. The first-order chi connectivity index (χ1) is 9.72. The monoisotopic (exact) mass is 276 g/mol. The Bertz CT molecular complexity index is 453. The van der Waals surface area contributed by atoms with Crippen LogP contribution >= 0.6 is 0 Å². The van der Waals surface area contributed by atoms with E-state index in [9.17, 15) is 9.59 Å². The van der Waals surface area contributed by atoms with Crippen molar-refractivity contribution in [3.63, 3.8) is 0 Å². The minimum Gasteiger partial charge on any atom is -0.459 e. The van der Waals surface area contributed by atoms with Crippen molar-refractivity contribution in [3.05, 3.63) is 35.4 Å². The van der Waals surface area contributed by atoms with Gasteiger partial charge in [0.15, 0.2) is 5.78 Å². The number of benzene rings is 1. The van der Waals surface area contributed by atoms with Crippen LogP contribution in [-0.2, 0) is 14.2 Å². The summed E-state index contributed by atoms with van der Waals surface area (Å²) in [5.41, 5.74) is 1.07. The Labute approximate surface area is 116 Å². The Kier molecular flexibility index (Phi) is 3.80. The zero-order chi connectivity index (χ0) is 13.9. The molecule has 2 fully saturated rings. The molecule has 0 aromatic heterocycles. The van der Waals surface area contributed by atoms with Gasteiger partial charge in [-0.1, -0.05) is 12.1 Å². The predicted octanol–water partition coefficient (Wildman–Crippen LogP) is 1.60. The van der Waals surface area contributed by atoms with E-state index in [4.69, 9.17) is 14.2 Å². The molecular weight excluding hydrogens is 260 g/mol. The predicted molar refractivity (Wildman–Crippen MR) is 69.8 cm³/mol. The second-order valence-electron chi connectivity index (χ2n) is 5.05. The molecule has 20 heavy (non-hydrogen) atoms. The van der Waals surface area contributed by atoms with E-state index in [-0.39, 0.29) is 24.0 Å². The van der Waals surface area contributed by atoms with E-state index < -0.39 is 0 Å². The van der Waals surface area contributed by atoms with Crippen molar-refractivity contribution in [2.75, 3.05) is 19.8 Å². The molecule has 2 saturated heterocycles. The number of carbonyl (C=O) groups excluding carboxylic acids is 2. The number of hydrogen-bond acceptors (Lipinski definition) is 5. The van der Waals surface area contributed by atoms with Gasteiger partial charge in [-0.3, -0.25) is 4.79 Å². The first kappa shape index (κ1) is 13.3. The molecule has 0 radical (unpaired) electrons. The summed E-state index contributed by atoms with van der Waals surface area (Å²) >= 11 is 0. The minimum absolute atomic E-state index is 0.0597. The molecule has 5 heteroatoms. The molecule has 1 aromatic rings. The average Bonchev–Trinajstić information content (AvgIpc) is 3.37. The van der Waals surface area contributed by atoms with Crippen molar-refractivity contribution in [1.29, 1.82) is 0 Å². The smallest absolute Gasteiger partial charge is 0.338 e. The number of Topliss-reactive ketones (excluding diaryl/α,β-unsaturated/α-hetero) is 1. The second-order valence-corrected chi connectivity index (χ2v) is 5.05. The van der Waals surface area contributed by atoms with E-state index in [1.807, 2.05) is 0 Å². The van der Waals surface area contributed by atoms with Gasteiger partial charge in [0, 0.05) is 12.0 Å². The van der Waals surface area contributed by atoms with Crippen molar-refractivity contribution in [2.24, 2.45) is 0 Å². The lowest BCUT2D eigenvalue weighted by Gasteiger charge is -2.04. The summed E-state index contributed by atoms with van der Waals surface area (Å²) in [5.74, 6) is -0.308. The van der Waals surface area contributed by atoms with Gasteiger partial charge in [0.05, 0.1) is 24.9 Å². The van der Waals surface area contributed by atoms with Gasteiger partial charge >= 0.3 is 5.97 Å². The van der Waals surface area contributed by atoms with Gasteiger partial charge in [-0.2, -0.15) is 0 Å². The lowest BCUT2D eigenvalue weighted by atomic mass is 10.0. The fourth-order valence-corrected chi connectivity index (χ4v) is 1.88. The zero-order valence-electron chi connectivity index (χ0n) is 11.0. The van der Waals surface area contributed by atoms with Gasteiger partial charge in [0.1, 0.15) is 12.7 Å². The van der Waals surface area contributed by atoms with Crippen LogP contribution in [0, 0.1) is 0 Å². The summed E-state index contributed by atoms with van der Waals surface area (Å²) in [5, 5.41) is 0. The lowest BCUT2D eigenvalue weighted by Crippen LogP contribution is -2.10. The number of hydrogen-bond donors (Lipinski definition) is 0. The molecule has 2 atom stereocenters. The third kappa shape index (κ3) is 3.65. The van der Waals surface area contributed by atoms with E-state index in [1.165, 1.54) is 0 Å². The fourth-order valence-electron chi connectivity index (χ4n) is 1.88. The van der Waals surface area contributed by atoms with Crippen LogP contribution in [0.3, 0.4) is 0 Å². The van der Waals surface area contributed by atoms with Crippen LogP contribution in [0.25, 0.3) is 0 Å². The summed E-state index contributed by atoms with van der Waals surface area (Å²) in [4.78, 5) is 23.6. The Hall–Kier alpha value is -1.72. The summed E-state index contributed by atoms with van der Waals surface area (Å²) in [6.07, 6.45) is 1.57. The molecular formula is C15H16O5. The maximum absolute atomic E-state index is 11.9. The summed E-state index contributed by atoms with van der Waals surface area (Å²) in [7, 11) is 0. The number of ether oxygens (including phenoxy) is 3. The molecule has 106 valence electrons. The van der Waals surface area contributed by atoms with E-state index in [2.05, 4.69) is 0 Å². The van der Waals surface area contributed by atoms with Crippen molar-refractivity contribution in [3.8, 4) is 0 Å². The molecule has 2 unspecified atom stereocenters. The van der Waals surface area contributed by atoms with Crippen molar-refractivity contribution in [2.45, 2.75) is 25.0 Å². The van der Waals surface area contributed by atoms with E-state index >= 15 is 0 Å². The van der Waals surface area contributed by atoms with Gasteiger partial charge in [0.2, 0.25) is 0 Å². The Balaban J connectivity index is 1.52. The number of carbonyl (C=O) groups is 2. The molecule has 0 spiro atoms. The lowest BCUT2D eigenvalue weighted by molar-refractivity contribution is 0.0476. The first-order valence-corrected chi connectivity index (χ1v) is 6.76. The van der Waals surface area contributed by atoms with Gasteiger partial charge in [0.25, 0.3) is 0 Å². The van der Waals surface area contributed by atoms with Crippen LogP contribution in [0.15, 0.2) is 24.3 Å². The molecule has 1 aromatic carbocycles. The van der Waals surface area contributed by atoms with Crippen LogP contribution in [0.5, 0.6) is 0 Å². The van der Waals surface area contributed by atoms with Crippen molar-refractivity contribution >= 4 is 11.8 Å². The highest BCUT2D eigenvalue weighted by molar-refractivity contribution is 5.97. The van der Waals surface area contributed by atoms with E-state index in [0.29, 0.717) is 30.8 Å². The standard InChI is InChI=1S/C15H16O5/c16-14(6-5-12-7-18-12)10-1-3-11(4-2-10)15(17)20-9-13-8-19-13/h1-4,12-13H,5-9H2. The highest BCUT2D eigenvalue weighted by Crippen LogP contribution is 2.18. The Morgan fingerprint density at radius 2 is 1.65 bits per heavy atom. The van der Waals surface area contributed by atoms with E-state index in [0.717, 1.165) is 13.0 Å². The fraction of sp³-hybridized carbons (Fsp3) is 0.467. The molecule has 5 nitrogen and oxygen atoms in total. The number of ketones is 1. The van der Waals surface area contributed by atoms with Crippen LogP contribution < -0.4 is 0 Å². The zero-order valence-corrected chi connectivity index (χ0v) is 11.0. The molecule has 0 N–H and O–H groups in total. The van der Waals surface area contributed by atoms with Crippen LogP contribution in [0.1, 0.15) is 33.6 Å². The topological polar surface area (TPSA) is 68.4 Å². The Morgan fingerprint density at radius 3 is 2.25 bits per heavy atom. The molecule has 0 saturated carbocycles. The molecule has 0 amide bonds. The molecule has 0 aliphatic carbocycles. The van der Waals surface area contributed by atoms with Gasteiger partial charge < -0.3 is 14.2 Å².